The fraction of sp³-hybridized carbons (Fsp3) is 0.300. The van der Waals surface area contributed by atoms with Crippen LogP contribution in [0.25, 0.3) is 11.1 Å². The molecule has 1 heterocycles. The summed E-state index contributed by atoms with van der Waals surface area (Å²) in [5, 5.41) is 15.2. The van der Waals surface area contributed by atoms with E-state index in [1.807, 2.05) is 63.2 Å². The van der Waals surface area contributed by atoms with Crippen molar-refractivity contribution in [2.45, 2.75) is 33.1 Å². The van der Waals surface area contributed by atoms with Crippen LogP contribution in [0.1, 0.15) is 20.8 Å². The van der Waals surface area contributed by atoms with Crippen LogP contribution in [0.2, 0.25) is 0 Å². The van der Waals surface area contributed by atoms with Crippen molar-refractivity contribution in [1.29, 1.82) is 0 Å². The van der Waals surface area contributed by atoms with E-state index in [4.69, 9.17) is 4.74 Å². The van der Waals surface area contributed by atoms with Gasteiger partial charge in [0, 0.05) is 5.41 Å². The number of rotatable bonds is 5. The largest absolute Gasteiger partial charge is 0.460 e. The molecule has 5 heteroatoms. The molecule has 0 radical (unpaired) electrons. The topological polar surface area (TPSA) is 60.2 Å². The maximum absolute atomic E-state index is 11.1. The number of aromatic nitrogens is 3. The standard InChI is InChI=1S/C20H23N3O2/c1-19(2,3)20(24,13-23-15-21-14-22-23)25-18-11-9-17(10-12-18)16-7-5-4-6-8-16/h4-12,14-15,24H,13H2,1-3H3. The second kappa shape index (κ2) is 6.69. The van der Waals surface area contributed by atoms with E-state index in [1.165, 1.54) is 6.33 Å². The van der Waals surface area contributed by atoms with Crippen LogP contribution in [0.5, 0.6) is 5.75 Å². The Balaban J connectivity index is 1.82. The summed E-state index contributed by atoms with van der Waals surface area (Å²) in [6.45, 7) is 5.99. The summed E-state index contributed by atoms with van der Waals surface area (Å²) in [4.78, 5) is 3.93. The summed E-state index contributed by atoms with van der Waals surface area (Å²) < 4.78 is 7.57. The summed E-state index contributed by atoms with van der Waals surface area (Å²) in [7, 11) is 0. The number of hydrogen-bond acceptors (Lipinski definition) is 4. The molecule has 0 aliphatic rings. The van der Waals surface area contributed by atoms with Crippen molar-refractivity contribution in [3.63, 3.8) is 0 Å². The molecule has 0 aliphatic heterocycles. The lowest BCUT2D eigenvalue weighted by Crippen LogP contribution is -2.51. The maximum atomic E-state index is 11.1. The number of hydrogen-bond donors (Lipinski definition) is 1. The highest BCUT2D eigenvalue weighted by Gasteiger charge is 2.43. The minimum absolute atomic E-state index is 0.191. The van der Waals surface area contributed by atoms with Crippen LogP contribution >= 0.6 is 0 Å². The summed E-state index contributed by atoms with van der Waals surface area (Å²) in [5.74, 6) is -0.813. The van der Waals surface area contributed by atoms with Gasteiger partial charge in [-0.25, -0.2) is 9.67 Å². The fourth-order valence-electron chi connectivity index (χ4n) is 2.50. The van der Waals surface area contributed by atoms with E-state index in [2.05, 4.69) is 22.2 Å². The number of benzene rings is 2. The fourth-order valence-corrected chi connectivity index (χ4v) is 2.50. The molecule has 0 amide bonds. The first-order chi connectivity index (χ1) is 11.9. The molecular weight excluding hydrogens is 314 g/mol. The summed E-state index contributed by atoms with van der Waals surface area (Å²) in [6, 6.07) is 17.9. The molecule has 25 heavy (non-hydrogen) atoms. The first kappa shape index (κ1) is 17.2. The van der Waals surface area contributed by atoms with Gasteiger partial charge < -0.3 is 9.84 Å². The van der Waals surface area contributed by atoms with Gasteiger partial charge in [-0.05, 0) is 23.3 Å². The first-order valence-electron chi connectivity index (χ1n) is 8.27. The van der Waals surface area contributed by atoms with Crippen LogP contribution < -0.4 is 4.74 Å². The van der Waals surface area contributed by atoms with Crippen molar-refractivity contribution in [3.05, 3.63) is 67.3 Å². The van der Waals surface area contributed by atoms with E-state index in [1.54, 1.807) is 11.0 Å². The Morgan fingerprint density at radius 3 is 2.16 bits per heavy atom. The van der Waals surface area contributed by atoms with E-state index in [9.17, 15) is 5.11 Å². The van der Waals surface area contributed by atoms with E-state index in [-0.39, 0.29) is 6.54 Å². The van der Waals surface area contributed by atoms with Gasteiger partial charge in [-0.15, -0.1) is 0 Å². The lowest BCUT2D eigenvalue weighted by Gasteiger charge is -2.39. The predicted molar refractivity (Wildman–Crippen MR) is 96.9 cm³/mol. The average molecular weight is 337 g/mol. The maximum Gasteiger partial charge on any atom is 0.232 e. The highest BCUT2D eigenvalue weighted by atomic mass is 16.6. The molecule has 1 N–H and O–H groups in total. The molecule has 1 aromatic heterocycles. The van der Waals surface area contributed by atoms with Gasteiger partial charge in [-0.3, -0.25) is 0 Å². The Morgan fingerprint density at radius 2 is 1.60 bits per heavy atom. The SMILES string of the molecule is CC(C)(C)C(O)(Cn1cncn1)Oc1ccc(-c2ccccc2)cc1. The Kier molecular flexibility index (Phi) is 4.59. The quantitative estimate of drug-likeness (QED) is 0.720. The molecule has 130 valence electrons. The zero-order valence-corrected chi connectivity index (χ0v) is 14.8. The van der Waals surface area contributed by atoms with E-state index < -0.39 is 11.2 Å². The average Bonchev–Trinajstić information content (AvgIpc) is 3.08. The first-order valence-corrected chi connectivity index (χ1v) is 8.27. The van der Waals surface area contributed by atoms with E-state index in [0.29, 0.717) is 5.75 Å². The second-order valence-electron chi connectivity index (χ2n) is 7.12. The van der Waals surface area contributed by atoms with E-state index in [0.717, 1.165) is 11.1 Å². The van der Waals surface area contributed by atoms with Crippen molar-refractivity contribution in [3.8, 4) is 16.9 Å². The molecule has 0 spiro atoms. The molecule has 0 saturated heterocycles. The molecular formula is C20H23N3O2. The summed E-state index contributed by atoms with van der Waals surface area (Å²) in [5.41, 5.74) is 1.73. The van der Waals surface area contributed by atoms with Gasteiger partial charge in [0.2, 0.25) is 5.79 Å². The van der Waals surface area contributed by atoms with Crippen LogP contribution in [0.3, 0.4) is 0 Å². The van der Waals surface area contributed by atoms with Crippen molar-refractivity contribution in [2.75, 3.05) is 0 Å². The molecule has 1 atom stereocenters. The normalized spacial score (nSPS) is 14.1. The Morgan fingerprint density at radius 1 is 0.960 bits per heavy atom. The van der Waals surface area contributed by atoms with Crippen LogP contribution in [0, 0.1) is 5.41 Å². The molecule has 1 unspecified atom stereocenters. The molecule has 0 saturated carbocycles. The van der Waals surface area contributed by atoms with E-state index >= 15 is 0 Å². The number of ether oxygens (including phenoxy) is 1. The van der Waals surface area contributed by atoms with Crippen LogP contribution in [-0.4, -0.2) is 25.7 Å². The zero-order chi connectivity index (χ0) is 17.9. The molecule has 5 nitrogen and oxygen atoms in total. The van der Waals surface area contributed by atoms with Crippen LogP contribution in [0.4, 0.5) is 0 Å². The lowest BCUT2D eigenvalue weighted by atomic mass is 9.85. The number of aliphatic hydroxyl groups is 1. The van der Waals surface area contributed by atoms with Gasteiger partial charge >= 0.3 is 0 Å². The highest BCUT2D eigenvalue weighted by Crippen LogP contribution is 2.35. The number of nitrogens with zero attached hydrogens (tertiary/aromatic N) is 3. The Bertz CT molecular complexity index is 793. The minimum atomic E-state index is -1.42. The summed E-state index contributed by atoms with van der Waals surface area (Å²) in [6.07, 6.45) is 3.01. The lowest BCUT2D eigenvalue weighted by molar-refractivity contribution is -0.217. The van der Waals surface area contributed by atoms with Gasteiger partial charge in [0.15, 0.2) is 0 Å². The van der Waals surface area contributed by atoms with Crippen LogP contribution in [0.15, 0.2) is 67.3 Å². The van der Waals surface area contributed by atoms with Gasteiger partial charge in [0.25, 0.3) is 0 Å². The molecule has 2 aromatic carbocycles. The van der Waals surface area contributed by atoms with Crippen molar-refractivity contribution in [1.82, 2.24) is 14.8 Å². The smallest absolute Gasteiger partial charge is 0.232 e. The van der Waals surface area contributed by atoms with Crippen molar-refractivity contribution in [2.24, 2.45) is 5.41 Å². The van der Waals surface area contributed by atoms with Gasteiger partial charge in [0.05, 0.1) is 0 Å². The molecule has 3 rings (SSSR count). The van der Waals surface area contributed by atoms with Gasteiger partial charge in [-0.1, -0.05) is 63.2 Å². The van der Waals surface area contributed by atoms with Gasteiger partial charge in [-0.2, -0.15) is 5.10 Å². The monoisotopic (exact) mass is 337 g/mol. The predicted octanol–water partition coefficient (Wildman–Crippen LogP) is 3.76. The molecule has 0 bridgehead atoms. The summed E-state index contributed by atoms with van der Waals surface area (Å²) >= 11 is 0. The molecule has 0 aliphatic carbocycles. The van der Waals surface area contributed by atoms with Crippen molar-refractivity contribution < 1.29 is 9.84 Å². The third-order valence-corrected chi connectivity index (χ3v) is 4.26. The molecule has 3 aromatic rings. The van der Waals surface area contributed by atoms with Crippen LogP contribution in [-0.2, 0) is 6.54 Å². The second-order valence-corrected chi connectivity index (χ2v) is 7.12. The molecule has 0 fully saturated rings. The third-order valence-electron chi connectivity index (χ3n) is 4.26. The Labute approximate surface area is 147 Å². The van der Waals surface area contributed by atoms with Crippen molar-refractivity contribution >= 4 is 0 Å². The highest BCUT2D eigenvalue weighted by molar-refractivity contribution is 5.63. The van der Waals surface area contributed by atoms with Gasteiger partial charge in [0.1, 0.15) is 24.9 Å². The Hall–Kier alpha value is -2.66. The third kappa shape index (κ3) is 3.88. The minimum Gasteiger partial charge on any atom is -0.460 e. The zero-order valence-electron chi connectivity index (χ0n) is 14.8.